The number of aromatic hydroxyl groups is 1. The average molecular weight is 419 g/mol. The second kappa shape index (κ2) is 9.43. The quantitative estimate of drug-likeness (QED) is 0.455. The lowest BCUT2D eigenvalue weighted by Crippen LogP contribution is -2.01. The fourth-order valence-corrected chi connectivity index (χ4v) is 2.70. The predicted octanol–water partition coefficient (Wildman–Crippen LogP) is 5.48. The first kappa shape index (κ1) is 20.0. The van der Waals surface area contributed by atoms with Gasteiger partial charge < -0.3 is 14.6 Å². The molecule has 4 nitrogen and oxygen atoms in total. The molecule has 0 fully saturated rings. The SMILES string of the molecule is COc1cc(/C=C/C(=O)c2ccc(OCCC(C)C)cc2)cc(Br)c1O. The summed E-state index contributed by atoms with van der Waals surface area (Å²) in [6.07, 6.45) is 4.17. The van der Waals surface area contributed by atoms with Crippen molar-refractivity contribution in [1.29, 1.82) is 0 Å². The van der Waals surface area contributed by atoms with Crippen LogP contribution in [0.5, 0.6) is 17.2 Å². The van der Waals surface area contributed by atoms with Gasteiger partial charge in [-0.3, -0.25) is 4.79 Å². The minimum absolute atomic E-state index is 0.0315. The molecule has 0 saturated heterocycles. The summed E-state index contributed by atoms with van der Waals surface area (Å²) in [5, 5.41) is 9.82. The minimum Gasteiger partial charge on any atom is -0.503 e. The van der Waals surface area contributed by atoms with Gasteiger partial charge in [0.25, 0.3) is 0 Å². The molecule has 26 heavy (non-hydrogen) atoms. The van der Waals surface area contributed by atoms with E-state index in [-0.39, 0.29) is 11.5 Å². The summed E-state index contributed by atoms with van der Waals surface area (Å²) < 4.78 is 11.3. The molecule has 0 unspecified atom stereocenters. The first-order chi connectivity index (χ1) is 12.4. The van der Waals surface area contributed by atoms with Crippen molar-refractivity contribution < 1.29 is 19.4 Å². The molecule has 2 rings (SSSR count). The van der Waals surface area contributed by atoms with Crippen LogP contribution in [0.25, 0.3) is 6.08 Å². The molecule has 5 heteroatoms. The Kier molecular flexibility index (Phi) is 7.27. The molecule has 0 atom stereocenters. The molecule has 0 heterocycles. The Balaban J connectivity index is 2.03. The predicted molar refractivity (Wildman–Crippen MR) is 107 cm³/mol. The first-order valence-electron chi connectivity index (χ1n) is 8.42. The number of phenolic OH excluding ortho intramolecular Hbond substituents is 1. The number of carbonyl (C=O) groups excluding carboxylic acids is 1. The third kappa shape index (κ3) is 5.63. The Bertz CT molecular complexity index is 779. The Morgan fingerprint density at radius 2 is 1.92 bits per heavy atom. The summed E-state index contributed by atoms with van der Waals surface area (Å²) in [6, 6.07) is 10.5. The summed E-state index contributed by atoms with van der Waals surface area (Å²) >= 11 is 3.26. The molecular weight excluding hydrogens is 396 g/mol. The van der Waals surface area contributed by atoms with Gasteiger partial charge in [0.05, 0.1) is 18.2 Å². The van der Waals surface area contributed by atoms with Crippen LogP contribution in [-0.2, 0) is 0 Å². The maximum atomic E-state index is 12.3. The number of hydrogen-bond acceptors (Lipinski definition) is 4. The van der Waals surface area contributed by atoms with E-state index in [1.807, 2.05) is 12.1 Å². The Hall–Kier alpha value is -2.27. The van der Waals surface area contributed by atoms with E-state index in [1.165, 1.54) is 13.2 Å². The summed E-state index contributed by atoms with van der Waals surface area (Å²) in [6.45, 7) is 4.97. The van der Waals surface area contributed by atoms with Crippen molar-refractivity contribution >= 4 is 27.8 Å². The van der Waals surface area contributed by atoms with Gasteiger partial charge in [-0.2, -0.15) is 0 Å². The van der Waals surface area contributed by atoms with Gasteiger partial charge in [-0.15, -0.1) is 0 Å². The van der Waals surface area contributed by atoms with E-state index < -0.39 is 0 Å². The largest absolute Gasteiger partial charge is 0.503 e. The molecule has 0 bridgehead atoms. The number of rotatable bonds is 8. The average Bonchev–Trinajstić information content (AvgIpc) is 2.62. The Labute approximate surface area is 162 Å². The van der Waals surface area contributed by atoms with Gasteiger partial charge in [-0.05, 0) is 76.3 Å². The second-order valence-corrected chi connectivity index (χ2v) is 7.16. The van der Waals surface area contributed by atoms with Crippen molar-refractivity contribution in [2.24, 2.45) is 5.92 Å². The molecule has 0 saturated carbocycles. The van der Waals surface area contributed by atoms with Gasteiger partial charge in [0.15, 0.2) is 17.3 Å². The zero-order valence-corrected chi connectivity index (χ0v) is 16.7. The van der Waals surface area contributed by atoms with Crippen LogP contribution in [0.1, 0.15) is 36.2 Å². The maximum absolute atomic E-state index is 12.3. The third-order valence-corrected chi connectivity index (χ3v) is 4.41. The van der Waals surface area contributed by atoms with Gasteiger partial charge in [0, 0.05) is 5.56 Å². The normalized spacial score (nSPS) is 11.1. The number of methoxy groups -OCH3 is 1. The van der Waals surface area contributed by atoms with Crippen LogP contribution >= 0.6 is 15.9 Å². The van der Waals surface area contributed by atoms with Crippen LogP contribution in [0.15, 0.2) is 46.9 Å². The lowest BCUT2D eigenvalue weighted by molar-refractivity contribution is 0.104. The van der Waals surface area contributed by atoms with E-state index in [9.17, 15) is 9.90 Å². The lowest BCUT2D eigenvalue weighted by atomic mass is 10.1. The van der Waals surface area contributed by atoms with Crippen LogP contribution in [0.4, 0.5) is 0 Å². The molecule has 0 aliphatic rings. The molecule has 0 aromatic heterocycles. The molecule has 0 amide bonds. The van der Waals surface area contributed by atoms with Crippen molar-refractivity contribution in [3.05, 3.63) is 58.1 Å². The summed E-state index contributed by atoms with van der Waals surface area (Å²) in [4.78, 5) is 12.3. The van der Waals surface area contributed by atoms with Crippen LogP contribution < -0.4 is 9.47 Å². The minimum atomic E-state index is -0.109. The molecule has 2 aromatic rings. The van der Waals surface area contributed by atoms with Crippen molar-refractivity contribution in [1.82, 2.24) is 0 Å². The van der Waals surface area contributed by atoms with Crippen molar-refractivity contribution in [3.8, 4) is 17.2 Å². The fraction of sp³-hybridized carbons (Fsp3) is 0.286. The molecule has 138 valence electrons. The number of halogens is 1. The van der Waals surface area contributed by atoms with Gasteiger partial charge in [-0.25, -0.2) is 0 Å². The fourth-order valence-electron chi connectivity index (χ4n) is 2.24. The summed E-state index contributed by atoms with van der Waals surface area (Å²) in [5.74, 6) is 1.62. The number of allylic oxidation sites excluding steroid dienone is 1. The maximum Gasteiger partial charge on any atom is 0.185 e. The monoisotopic (exact) mass is 418 g/mol. The lowest BCUT2D eigenvalue weighted by Gasteiger charge is -2.08. The molecule has 0 aliphatic heterocycles. The number of benzene rings is 2. The molecule has 1 N–H and O–H groups in total. The van der Waals surface area contributed by atoms with Gasteiger partial charge in [0.2, 0.25) is 0 Å². The highest BCUT2D eigenvalue weighted by Gasteiger charge is 2.08. The highest BCUT2D eigenvalue weighted by Crippen LogP contribution is 2.35. The number of ether oxygens (including phenoxy) is 2. The number of phenols is 1. The number of ketones is 1. The molecule has 0 spiro atoms. The van der Waals surface area contributed by atoms with Gasteiger partial charge in [0.1, 0.15) is 5.75 Å². The number of hydrogen-bond donors (Lipinski definition) is 1. The Morgan fingerprint density at radius 3 is 2.54 bits per heavy atom. The highest BCUT2D eigenvalue weighted by atomic mass is 79.9. The Morgan fingerprint density at radius 1 is 1.23 bits per heavy atom. The van der Waals surface area contributed by atoms with E-state index in [0.717, 1.165) is 17.7 Å². The molecular formula is C21H23BrO4. The van der Waals surface area contributed by atoms with E-state index in [1.54, 1.807) is 30.3 Å². The van der Waals surface area contributed by atoms with Gasteiger partial charge >= 0.3 is 0 Å². The van der Waals surface area contributed by atoms with E-state index >= 15 is 0 Å². The third-order valence-electron chi connectivity index (χ3n) is 3.80. The van der Waals surface area contributed by atoms with E-state index in [2.05, 4.69) is 29.8 Å². The zero-order valence-electron chi connectivity index (χ0n) is 15.2. The summed E-state index contributed by atoms with van der Waals surface area (Å²) in [7, 11) is 1.48. The second-order valence-electron chi connectivity index (χ2n) is 6.31. The molecule has 0 radical (unpaired) electrons. The van der Waals surface area contributed by atoms with Crippen molar-refractivity contribution in [2.45, 2.75) is 20.3 Å². The van der Waals surface area contributed by atoms with Crippen LogP contribution in [0.3, 0.4) is 0 Å². The molecule has 2 aromatic carbocycles. The van der Waals surface area contributed by atoms with Crippen molar-refractivity contribution in [3.63, 3.8) is 0 Å². The van der Waals surface area contributed by atoms with Crippen LogP contribution in [0, 0.1) is 5.92 Å². The van der Waals surface area contributed by atoms with Crippen LogP contribution in [0.2, 0.25) is 0 Å². The zero-order chi connectivity index (χ0) is 19.1. The topological polar surface area (TPSA) is 55.8 Å². The van der Waals surface area contributed by atoms with E-state index in [4.69, 9.17) is 9.47 Å². The van der Waals surface area contributed by atoms with Crippen molar-refractivity contribution in [2.75, 3.05) is 13.7 Å². The van der Waals surface area contributed by atoms with E-state index in [0.29, 0.717) is 28.3 Å². The summed E-state index contributed by atoms with van der Waals surface area (Å²) in [5.41, 5.74) is 1.33. The van der Waals surface area contributed by atoms with Gasteiger partial charge in [-0.1, -0.05) is 19.9 Å². The highest BCUT2D eigenvalue weighted by molar-refractivity contribution is 9.10. The molecule has 0 aliphatic carbocycles. The van der Waals surface area contributed by atoms with Crippen LogP contribution in [-0.4, -0.2) is 24.6 Å². The standard InChI is InChI=1S/C21H23BrO4/c1-14(2)10-11-26-17-7-5-16(6-8-17)19(23)9-4-15-12-18(22)21(24)20(13-15)25-3/h4-9,12-14,24H,10-11H2,1-3H3/b9-4+. The number of carbonyl (C=O) groups is 1. The smallest absolute Gasteiger partial charge is 0.185 e. The first-order valence-corrected chi connectivity index (χ1v) is 9.21.